The predicted octanol–water partition coefficient (Wildman–Crippen LogP) is 2.94. The summed E-state index contributed by atoms with van der Waals surface area (Å²) in [5.74, 6) is 0.182. The van der Waals surface area contributed by atoms with Gasteiger partial charge >= 0.3 is 0 Å². The summed E-state index contributed by atoms with van der Waals surface area (Å²) >= 11 is 0. The highest BCUT2D eigenvalue weighted by Crippen LogP contribution is 2.16. The molecule has 14 heavy (non-hydrogen) atoms. The normalized spacial score (nSPS) is 10.1. The first-order valence-corrected chi connectivity index (χ1v) is 5.04. The van der Waals surface area contributed by atoms with Crippen molar-refractivity contribution in [2.75, 3.05) is 0 Å². The third kappa shape index (κ3) is 3.21. The van der Waals surface area contributed by atoms with Crippen LogP contribution < -0.4 is 0 Å². The average molecular weight is 192 g/mol. The molecule has 0 unspecified atom stereocenters. The van der Waals surface area contributed by atoms with Crippen LogP contribution in [0.25, 0.3) is 0 Å². The first-order chi connectivity index (χ1) is 6.76. The lowest BCUT2D eigenvalue weighted by Gasteiger charge is -2.02. The van der Waals surface area contributed by atoms with E-state index in [4.69, 9.17) is 0 Å². The number of rotatable bonds is 5. The maximum absolute atomic E-state index is 10.5. The fourth-order valence-electron chi connectivity index (χ4n) is 1.49. The Bertz CT molecular complexity index is 305. The Kier molecular flexibility index (Phi) is 4.17. The molecule has 2 nitrogen and oxygen atoms in total. The lowest BCUT2D eigenvalue weighted by molar-refractivity contribution is 0.112. The van der Waals surface area contributed by atoms with E-state index < -0.39 is 0 Å². The van der Waals surface area contributed by atoms with Gasteiger partial charge in [-0.2, -0.15) is 0 Å². The molecule has 0 aliphatic heterocycles. The van der Waals surface area contributed by atoms with Gasteiger partial charge in [-0.25, -0.2) is 0 Å². The standard InChI is InChI=1S/C12H16O2/c1-2-3-4-5-10-6-11(9-13)8-12(14)7-10/h6-9,14H,2-5H2,1H3. The predicted molar refractivity (Wildman–Crippen MR) is 56.7 cm³/mol. The molecule has 2 heteroatoms. The molecule has 0 saturated heterocycles. The molecule has 0 heterocycles. The van der Waals surface area contributed by atoms with Crippen molar-refractivity contribution in [3.05, 3.63) is 29.3 Å². The maximum Gasteiger partial charge on any atom is 0.150 e. The Morgan fingerprint density at radius 3 is 2.71 bits per heavy atom. The van der Waals surface area contributed by atoms with Gasteiger partial charge in [-0.05, 0) is 36.6 Å². The van der Waals surface area contributed by atoms with E-state index in [9.17, 15) is 9.90 Å². The third-order valence-corrected chi connectivity index (χ3v) is 2.20. The van der Waals surface area contributed by atoms with Gasteiger partial charge in [-0.3, -0.25) is 4.79 Å². The summed E-state index contributed by atoms with van der Waals surface area (Å²) in [5.41, 5.74) is 1.59. The molecule has 0 aliphatic carbocycles. The number of unbranched alkanes of at least 4 members (excludes halogenated alkanes) is 2. The summed E-state index contributed by atoms with van der Waals surface area (Å²) in [5, 5.41) is 9.32. The molecule has 0 radical (unpaired) electrons. The van der Waals surface area contributed by atoms with Crippen molar-refractivity contribution >= 4 is 6.29 Å². The highest BCUT2D eigenvalue weighted by molar-refractivity contribution is 5.75. The first kappa shape index (κ1) is 10.8. The molecule has 0 fully saturated rings. The largest absolute Gasteiger partial charge is 0.508 e. The smallest absolute Gasteiger partial charge is 0.150 e. The molecule has 0 aliphatic rings. The fourth-order valence-corrected chi connectivity index (χ4v) is 1.49. The maximum atomic E-state index is 10.5. The van der Waals surface area contributed by atoms with Gasteiger partial charge in [0, 0.05) is 5.56 Å². The summed E-state index contributed by atoms with van der Waals surface area (Å²) < 4.78 is 0. The zero-order valence-corrected chi connectivity index (χ0v) is 8.49. The van der Waals surface area contributed by atoms with Crippen LogP contribution in [0.2, 0.25) is 0 Å². The van der Waals surface area contributed by atoms with Crippen molar-refractivity contribution in [2.45, 2.75) is 32.6 Å². The van der Waals surface area contributed by atoms with Gasteiger partial charge in [0.1, 0.15) is 12.0 Å². The van der Waals surface area contributed by atoms with Crippen LogP contribution in [0, 0.1) is 0 Å². The molecule has 0 atom stereocenters. The van der Waals surface area contributed by atoms with E-state index in [0.717, 1.165) is 24.7 Å². The number of hydrogen-bond acceptors (Lipinski definition) is 2. The van der Waals surface area contributed by atoms with E-state index >= 15 is 0 Å². The minimum atomic E-state index is 0.182. The van der Waals surface area contributed by atoms with Crippen LogP contribution in [-0.4, -0.2) is 11.4 Å². The van der Waals surface area contributed by atoms with Gasteiger partial charge in [0.25, 0.3) is 0 Å². The van der Waals surface area contributed by atoms with Crippen molar-refractivity contribution in [3.8, 4) is 5.75 Å². The monoisotopic (exact) mass is 192 g/mol. The van der Waals surface area contributed by atoms with Crippen molar-refractivity contribution < 1.29 is 9.90 Å². The number of hydrogen-bond donors (Lipinski definition) is 1. The lowest BCUT2D eigenvalue weighted by Crippen LogP contribution is -1.88. The molecule has 1 aromatic carbocycles. The molecule has 1 rings (SSSR count). The Morgan fingerprint density at radius 2 is 2.07 bits per heavy atom. The minimum Gasteiger partial charge on any atom is -0.508 e. The minimum absolute atomic E-state index is 0.182. The summed E-state index contributed by atoms with van der Waals surface area (Å²) in [4.78, 5) is 10.5. The van der Waals surface area contributed by atoms with Gasteiger partial charge < -0.3 is 5.11 Å². The number of aryl methyl sites for hydroxylation is 1. The summed E-state index contributed by atoms with van der Waals surface area (Å²) in [6.07, 6.45) is 5.18. The Morgan fingerprint density at radius 1 is 1.29 bits per heavy atom. The number of benzene rings is 1. The molecule has 0 amide bonds. The van der Waals surface area contributed by atoms with Crippen molar-refractivity contribution in [2.24, 2.45) is 0 Å². The topological polar surface area (TPSA) is 37.3 Å². The number of phenolic OH excluding ortho intramolecular Hbond substituents is 1. The Hall–Kier alpha value is -1.31. The third-order valence-electron chi connectivity index (χ3n) is 2.20. The van der Waals surface area contributed by atoms with Gasteiger partial charge in [0.2, 0.25) is 0 Å². The van der Waals surface area contributed by atoms with Crippen LogP contribution in [0.15, 0.2) is 18.2 Å². The second-order valence-electron chi connectivity index (χ2n) is 3.51. The summed E-state index contributed by atoms with van der Waals surface area (Å²) in [6, 6.07) is 5.04. The van der Waals surface area contributed by atoms with E-state index in [2.05, 4.69) is 6.92 Å². The zero-order valence-electron chi connectivity index (χ0n) is 8.49. The van der Waals surface area contributed by atoms with Crippen molar-refractivity contribution in [3.63, 3.8) is 0 Å². The van der Waals surface area contributed by atoms with E-state index in [1.165, 1.54) is 18.9 Å². The number of phenols is 1. The quantitative estimate of drug-likeness (QED) is 0.575. The molecular weight excluding hydrogens is 176 g/mol. The van der Waals surface area contributed by atoms with Crippen LogP contribution in [0.1, 0.15) is 42.1 Å². The van der Waals surface area contributed by atoms with Crippen LogP contribution in [0.4, 0.5) is 0 Å². The average Bonchev–Trinajstić information content (AvgIpc) is 2.17. The Labute approximate surface area is 84.6 Å². The molecule has 0 aromatic heterocycles. The lowest BCUT2D eigenvalue weighted by atomic mass is 10.0. The van der Waals surface area contributed by atoms with E-state index in [1.807, 2.05) is 6.07 Å². The second kappa shape index (κ2) is 5.43. The van der Waals surface area contributed by atoms with Crippen LogP contribution in [0.3, 0.4) is 0 Å². The highest BCUT2D eigenvalue weighted by Gasteiger charge is 1.99. The van der Waals surface area contributed by atoms with Crippen molar-refractivity contribution in [1.82, 2.24) is 0 Å². The molecular formula is C12H16O2. The van der Waals surface area contributed by atoms with Gasteiger partial charge in [0.15, 0.2) is 0 Å². The molecule has 76 valence electrons. The molecule has 1 aromatic rings. The molecule has 0 spiro atoms. The fraction of sp³-hybridized carbons (Fsp3) is 0.417. The number of carbonyl (C=O) groups excluding carboxylic acids is 1. The second-order valence-corrected chi connectivity index (χ2v) is 3.51. The molecule has 0 bridgehead atoms. The summed E-state index contributed by atoms with van der Waals surface area (Å²) in [6.45, 7) is 2.15. The van der Waals surface area contributed by atoms with Gasteiger partial charge in [-0.15, -0.1) is 0 Å². The number of aromatic hydroxyl groups is 1. The van der Waals surface area contributed by atoms with E-state index in [1.54, 1.807) is 6.07 Å². The Balaban J connectivity index is 2.66. The molecule has 1 N–H and O–H groups in total. The number of carbonyl (C=O) groups is 1. The molecule has 0 saturated carbocycles. The summed E-state index contributed by atoms with van der Waals surface area (Å²) in [7, 11) is 0. The van der Waals surface area contributed by atoms with Crippen LogP contribution >= 0.6 is 0 Å². The van der Waals surface area contributed by atoms with Gasteiger partial charge in [-0.1, -0.05) is 19.8 Å². The van der Waals surface area contributed by atoms with E-state index in [-0.39, 0.29) is 5.75 Å². The SMILES string of the molecule is CCCCCc1cc(O)cc(C=O)c1. The van der Waals surface area contributed by atoms with Gasteiger partial charge in [0.05, 0.1) is 0 Å². The van der Waals surface area contributed by atoms with Crippen LogP contribution in [0.5, 0.6) is 5.75 Å². The van der Waals surface area contributed by atoms with E-state index in [0.29, 0.717) is 5.56 Å². The first-order valence-electron chi connectivity index (χ1n) is 5.04. The zero-order chi connectivity index (χ0) is 10.4. The number of aldehydes is 1. The van der Waals surface area contributed by atoms with Crippen LogP contribution in [-0.2, 0) is 6.42 Å². The highest BCUT2D eigenvalue weighted by atomic mass is 16.3. The van der Waals surface area contributed by atoms with Crippen molar-refractivity contribution in [1.29, 1.82) is 0 Å².